The summed E-state index contributed by atoms with van der Waals surface area (Å²) in [5, 5.41) is 3.69. The van der Waals surface area contributed by atoms with Crippen LogP contribution in [0.5, 0.6) is 0 Å². The van der Waals surface area contributed by atoms with Gasteiger partial charge in [0.15, 0.2) is 0 Å². The van der Waals surface area contributed by atoms with Gasteiger partial charge in [0.25, 0.3) is 0 Å². The summed E-state index contributed by atoms with van der Waals surface area (Å²) in [7, 11) is 0. The largest absolute Gasteiger partial charge is 0.309 e. The van der Waals surface area contributed by atoms with Crippen molar-refractivity contribution in [3.05, 3.63) is 194 Å². The Morgan fingerprint density at radius 1 is 0.340 bits per heavy atom. The second-order valence-electron chi connectivity index (χ2n) is 12.7. The van der Waals surface area contributed by atoms with E-state index in [4.69, 9.17) is 0 Å². The monoisotopic (exact) mass is 639 g/mol. The lowest BCUT2D eigenvalue weighted by Gasteiger charge is -2.13. The summed E-state index contributed by atoms with van der Waals surface area (Å²) in [5.41, 5.74) is 11.3. The molecule has 0 aliphatic heterocycles. The van der Waals surface area contributed by atoms with Crippen LogP contribution in [0.15, 0.2) is 194 Å². The summed E-state index contributed by atoms with van der Waals surface area (Å²) in [6.45, 7) is 0. The van der Waals surface area contributed by atoms with Gasteiger partial charge in [-0.25, -0.2) is 0 Å². The Kier molecular flexibility index (Phi) is 5.84. The first-order valence-electron chi connectivity index (χ1n) is 18.5. The van der Waals surface area contributed by atoms with Gasteiger partial charge in [0.05, 0.1) is 26.2 Å². The van der Waals surface area contributed by atoms with Crippen LogP contribution in [0, 0.1) is 0 Å². The lowest BCUT2D eigenvalue weighted by Crippen LogP contribution is -1.96. The van der Waals surface area contributed by atoms with Crippen LogP contribution >= 0.6 is 0 Å². The van der Waals surface area contributed by atoms with E-state index >= 15 is 0 Å². The van der Waals surface area contributed by atoms with E-state index in [1.807, 2.05) is 77.4 Å². The van der Waals surface area contributed by atoms with Crippen molar-refractivity contribution in [3.8, 4) is 44.8 Å². The molecule has 2 nitrogen and oxygen atoms in total. The molecule has 2 aromatic heterocycles. The molecule has 10 aromatic rings. The minimum atomic E-state index is 0.0473. The molecule has 0 saturated heterocycles. The summed E-state index contributed by atoms with van der Waals surface area (Å²) in [4.78, 5) is 0. The van der Waals surface area contributed by atoms with Crippen molar-refractivity contribution < 1.29 is 4.11 Å². The lowest BCUT2D eigenvalue weighted by molar-refractivity contribution is 1.18. The van der Waals surface area contributed by atoms with Crippen molar-refractivity contribution in [2.24, 2.45) is 0 Å². The number of para-hydroxylation sites is 3. The summed E-state index contributed by atoms with van der Waals surface area (Å²) < 4.78 is 32.9. The van der Waals surface area contributed by atoms with E-state index in [2.05, 4.69) is 108 Å². The summed E-state index contributed by atoms with van der Waals surface area (Å²) in [6.07, 6.45) is 0. The van der Waals surface area contributed by atoms with Crippen LogP contribution in [-0.2, 0) is 0 Å². The number of benzene rings is 8. The molecule has 0 unspecified atom stereocenters. The van der Waals surface area contributed by atoms with E-state index < -0.39 is 0 Å². The topological polar surface area (TPSA) is 9.86 Å². The van der Waals surface area contributed by atoms with Crippen molar-refractivity contribution in [1.29, 1.82) is 0 Å². The summed E-state index contributed by atoms with van der Waals surface area (Å²) in [6, 6.07) is 60.7. The third-order valence-electron chi connectivity index (χ3n) is 9.82. The standard InChI is InChI=1S/C48H32N2/c1-4-14-33(15-5-1)35-18-12-21-39(30-35)50-47-29-27-37(32-44(47)42-24-13-23-40(48(42)50)34-16-6-2-7-17-34)36-26-28-46-43(31-36)41-22-10-11-25-45(41)49(46)38-19-8-3-9-20-38/h1-32H/i26D,28D,31D. The van der Waals surface area contributed by atoms with Crippen LogP contribution in [0.25, 0.3) is 88.4 Å². The summed E-state index contributed by atoms with van der Waals surface area (Å²) in [5.74, 6) is 0. The molecule has 50 heavy (non-hydrogen) atoms. The Morgan fingerprint density at radius 2 is 0.960 bits per heavy atom. The van der Waals surface area contributed by atoms with Crippen LogP contribution in [-0.4, -0.2) is 9.13 Å². The molecule has 2 heterocycles. The Morgan fingerprint density at radius 3 is 1.78 bits per heavy atom. The second kappa shape index (κ2) is 11.5. The van der Waals surface area contributed by atoms with E-state index in [0.29, 0.717) is 16.5 Å². The van der Waals surface area contributed by atoms with Gasteiger partial charge in [-0.3, -0.25) is 0 Å². The van der Waals surface area contributed by atoms with E-state index in [0.717, 1.165) is 71.9 Å². The fourth-order valence-electron chi connectivity index (χ4n) is 7.55. The molecule has 0 aliphatic rings. The predicted molar refractivity (Wildman–Crippen MR) is 211 cm³/mol. The molecule has 0 N–H and O–H groups in total. The SMILES string of the molecule is [2H]c1c(-c2ccc3c(c2)c2cccc(-c4ccccc4)c2n3-c2cccc(-c3ccccc3)c2)c([2H])c2c3ccccc3n(-c3ccccc3)c2c1[2H]. The molecule has 0 atom stereocenters. The Balaban J connectivity index is 1.26. The maximum absolute atomic E-state index is 9.71. The van der Waals surface area contributed by atoms with Crippen molar-refractivity contribution >= 4 is 43.6 Å². The summed E-state index contributed by atoms with van der Waals surface area (Å²) >= 11 is 0. The van der Waals surface area contributed by atoms with E-state index in [9.17, 15) is 4.11 Å². The number of hydrogen-bond donors (Lipinski definition) is 0. The predicted octanol–water partition coefficient (Wildman–Crippen LogP) is 12.9. The van der Waals surface area contributed by atoms with Crippen LogP contribution in [0.4, 0.5) is 0 Å². The van der Waals surface area contributed by atoms with Gasteiger partial charge in [-0.2, -0.15) is 0 Å². The Hall–Kier alpha value is -6.64. The maximum atomic E-state index is 9.71. The molecule has 0 fully saturated rings. The normalized spacial score (nSPS) is 12.4. The second-order valence-corrected chi connectivity index (χ2v) is 12.7. The first-order chi connectivity index (χ1) is 26.1. The van der Waals surface area contributed by atoms with Crippen molar-refractivity contribution in [2.45, 2.75) is 0 Å². The van der Waals surface area contributed by atoms with E-state index in [-0.39, 0.29) is 18.1 Å². The molecule has 0 spiro atoms. The highest BCUT2D eigenvalue weighted by Gasteiger charge is 2.19. The highest BCUT2D eigenvalue weighted by atomic mass is 15.0. The number of nitrogens with zero attached hydrogens (tertiary/aromatic N) is 2. The molecule has 0 bridgehead atoms. The van der Waals surface area contributed by atoms with Crippen LogP contribution in [0.2, 0.25) is 0 Å². The van der Waals surface area contributed by atoms with Gasteiger partial charge in [-0.15, -0.1) is 0 Å². The maximum Gasteiger partial charge on any atom is 0.0645 e. The van der Waals surface area contributed by atoms with Gasteiger partial charge in [0, 0.05) is 38.5 Å². The van der Waals surface area contributed by atoms with Gasteiger partial charge in [0.2, 0.25) is 0 Å². The molecule has 2 heteroatoms. The van der Waals surface area contributed by atoms with Gasteiger partial charge in [0.1, 0.15) is 0 Å². The van der Waals surface area contributed by atoms with Gasteiger partial charge < -0.3 is 9.13 Å². The number of hydrogen-bond acceptors (Lipinski definition) is 0. The molecule has 0 aliphatic carbocycles. The molecular formula is C48H32N2. The lowest BCUT2D eigenvalue weighted by atomic mass is 9.99. The van der Waals surface area contributed by atoms with Gasteiger partial charge >= 0.3 is 0 Å². The fraction of sp³-hybridized carbons (Fsp3) is 0. The molecule has 8 aromatic carbocycles. The average Bonchev–Trinajstić information content (AvgIpc) is 3.75. The molecule has 0 amide bonds. The minimum absolute atomic E-state index is 0.0473. The first kappa shape index (κ1) is 25.4. The smallest absolute Gasteiger partial charge is 0.0645 e. The van der Waals surface area contributed by atoms with Crippen LogP contribution in [0.1, 0.15) is 4.11 Å². The van der Waals surface area contributed by atoms with E-state index in [1.165, 1.54) is 0 Å². The molecule has 10 rings (SSSR count). The molecular weight excluding hydrogens is 605 g/mol. The Labute approximate surface area is 294 Å². The number of rotatable bonds is 5. The van der Waals surface area contributed by atoms with Gasteiger partial charge in [-0.05, 0) is 82.4 Å². The third-order valence-corrected chi connectivity index (χ3v) is 9.82. The number of aromatic nitrogens is 2. The highest BCUT2D eigenvalue weighted by molar-refractivity contribution is 6.15. The highest BCUT2D eigenvalue weighted by Crippen LogP contribution is 2.41. The van der Waals surface area contributed by atoms with Crippen molar-refractivity contribution in [2.75, 3.05) is 0 Å². The molecule has 234 valence electrons. The molecule has 0 radical (unpaired) electrons. The van der Waals surface area contributed by atoms with E-state index in [1.54, 1.807) is 0 Å². The zero-order chi connectivity index (χ0) is 35.6. The van der Waals surface area contributed by atoms with Crippen LogP contribution < -0.4 is 0 Å². The van der Waals surface area contributed by atoms with Crippen LogP contribution in [0.3, 0.4) is 0 Å². The zero-order valence-electron chi connectivity index (χ0n) is 30.1. The quantitative estimate of drug-likeness (QED) is 0.177. The van der Waals surface area contributed by atoms with Gasteiger partial charge in [-0.1, -0.05) is 140 Å². The van der Waals surface area contributed by atoms with Crippen molar-refractivity contribution in [3.63, 3.8) is 0 Å². The van der Waals surface area contributed by atoms with Crippen molar-refractivity contribution in [1.82, 2.24) is 9.13 Å². The molecule has 0 saturated carbocycles. The average molecular weight is 640 g/mol. The fourth-order valence-corrected chi connectivity index (χ4v) is 7.55. The Bertz CT molecular complexity index is 3020. The zero-order valence-corrected chi connectivity index (χ0v) is 27.1. The first-order valence-corrected chi connectivity index (χ1v) is 17.0. The minimum Gasteiger partial charge on any atom is -0.309 e. The third kappa shape index (κ3) is 4.50. The number of fused-ring (bicyclic) bond motifs is 6.